The van der Waals surface area contributed by atoms with Crippen LogP contribution >= 0.6 is 0 Å². The highest BCUT2D eigenvalue weighted by molar-refractivity contribution is 5.29. The molecule has 0 bridgehead atoms. The van der Waals surface area contributed by atoms with Crippen LogP contribution in [0.3, 0.4) is 0 Å². The topological polar surface area (TPSA) is 30.5 Å². The van der Waals surface area contributed by atoms with Crippen molar-refractivity contribution in [2.24, 2.45) is 0 Å². The van der Waals surface area contributed by atoms with Crippen LogP contribution in [0.15, 0.2) is 18.2 Å². The summed E-state index contributed by atoms with van der Waals surface area (Å²) in [6, 6.07) is 4.90. The number of hydrogen-bond donors (Lipinski definition) is 1. The van der Waals surface area contributed by atoms with E-state index in [2.05, 4.69) is 12.2 Å². The van der Waals surface area contributed by atoms with E-state index in [1.165, 1.54) is 6.07 Å². The largest absolute Gasteiger partial charge is 0.488 e. The van der Waals surface area contributed by atoms with Crippen molar-refractivity contribution in [3.63, 3.8) is 0 Å². The second-order valence-electron chi connectivity index (χ2n) is 5.01. The first-order chi connectivity index (χ1) is 9.19. The van der Waals surface area contributed by atoms with Crippen molar-refractivity contribution in [1.29, 1.82) is 0 Å². The van der Waals surface area contributed by atoms with Crippen LogP contribution < -0.4 is 10.1 Å². The van der Waals surface area contributed by atoms with Gasteiger partial charge in [-0.3, -0.25) is 0 Å². The Morgan fingerprint density at radius 3 is 2.95 bits per heavy atom. The zero-order chi connectivity index (χ0) is 13.7. The minimum absolute atomic E-state index is 0.0727. The molecule has 0 aliphatic carbocycles. The van der Waals surface area contributed by atoms with Crippen LogP contribution in [0.1, 0.15) is 25.3 Å². The lowest BCUT2D eigenvalue weighted by molar-refractivity contribution is 0.0180. The maximum absolute atomic E-state index is 13.5. The SMILES string of the molecule is CCNCC1CCC(COc2cc(C)ccc2F)O1. The average molecular weight is 267 g/mol. The molecule has 0 aromatic heterocycles. The quantitative estimate of drug-likeness (QED) is 0.859. The lowest BCUT2D eigenvalue weighted by atomic mass is 10.2. The molecular weight excluding hydrogens is 245 g/mol. The van der Waals surface area contributed by atoms with Crippen LogP contribution in [-0.2, 0) is 4.74 Å². The first-order valence-corrected chi connectivity index (χ1v) is 6.94. The van der Waals surface area contributed by atoms with E-state index in [0.29, 0.717) is 12.4 Å². The van der Waals surface area contributed by atoms with Gasteiger partial charge in [0.2, 0.25) is 0 Å². The van der Waals surface area contributed by atoms with E-state index in [9.17, 15) is 4.39 Å². The standard InChI is InChI=1S/C15H22FNO2/c1-3-17-9-12-5-6-13(19-12)10-18-15-8-11(2)4-7-14(15)16/h4,7-8,12-13,17H,3,5-6,9-10H2,1-2H3. The van der Waals surface area contributed by atoms with Gasteiger partial charge in [-0.2, -0.15) is 0 Å². The highest BCUT2D eigenvalue weighted by atomic mass is 19.1. The number of likely N-dealkylation sites (N-methyl/N-ethyl adjacent to an activating group) is 1. The predicted molar refractivity (Wildman–Crippen MR) is 73.1 cm³/mol. The Labute approximate surface area is 114 Å². The van der Waals surface area contributed by atoms with Gasteiger partial charge in [-0.05, 0) is 44.0 Å². The van der Waals surface area contributed by atoms with Crippen molar-refractivity contribution in [3.05, 3.63) is 29.6 Å². The molecule has 0 saturated carbocycles. The fourth-order valence-electron chi connectivity index (χ4n) is 2.26. The second-order valence-corrected chi connectivity index (χ2v) is 5.01. The Morgan fingerprint density at radius 2 is 2.16 bits per heavy atom. The number of rotatable bonds is 6. The van der Waals surface area contributed by atoms with Gasteiger partial charge in [0.1, 0.15) is 6.61 Å². The third kappa shape index (κ3) is 4.18. The fraction of sp³-hybridized carbons (Fsp3) is 0.600. The van der Waals surface area contributed by atoms with Gasteiger partial charge in [0.25, 0.3) is 0 Å². The number of ether oxygens (including phenoxy) is 2. The number of benzene rings is 1. The van der Waals surface area contributed by atoms with Gasteiger partial charge in [0.15, 0.2) is 11.6 Å². The Bertz CT molecular complexity index is 411. The summed E-state index contributed by atoms with van der Waals surface area (Å²) in [4.78, 5) is 0. The monoisotopic (exact) mass is 267 g/mol. The second kappa shape index (κ2) is 6.87. The van der Waals surface area contributed by atoms with E-state index >= 15 is 0 Å². The molecule has 1 aliphatic rings. The lowest BCUT2D eigenvalue weighted by Crippen LogP contribution is -2.28. The number of aryl methyl sites for hydroxylation is 1. The number of hydrogen-bond acceptors (Lipinski definition) is 3. The first kappa shape index (κ1) is 14.3. The summed E-state index contributed by atoms with van der Waals surface area (Å²) < 4.78 is 24.9. The molecule has 4 heteroatoms. The van der Waals surface area contributed by atoms with Crippen LogP contribution in [0.4, 0.5) is 4.39 Å². The summed E-state index contributed by atoms with van der Waals surface area (Å²) in [5, 5.41) is 3.28. The Balaban J connectivity index is 1.78. The smallest absolute Gasteiger partial charge is 0.165 e. The molecule has 1 aromatic rings. The summed E-state index contributed by atoms with van der Waals surface area (Å²) in [5.74, 6) is 0.00605. The molecule has 1 aromatic carbocycles. The normalized spacial score (nSPS) is 22.7. The average Bonchev–Trinajstić information content (AvgIpc) is 2.85. The molecule has 19 heavy (non-hydrogen) atoms. The van der Waals surface area contributed by atoms with E-state index in [1.807, 2.05) is 6.92 Å². The van der Waals surface area contributed by atoms with Crippen molar-refractivity contribution in [3.8, 4) is 5.75 Å². The van der Waals surface area contributed by atoms with E-state index < -0.39 is 0 Å². The molecular formula is C15H22FNO2. The van der Waals surface area contributed by atoms with Crippen LogP contribution in [0.25, 0.3) is 0 Å². The molecule has 1 N–H and O–H groups in total. The van der Waals surface area contributed by atoms with Gasteiger partial charge in [-0.1, -0.05) is 13.0 Å². The van der Waals surface area contributed by atoms with Crippen LogP contribution in [0, 0.1) is 12.7 Å². The molecule has 0 amide bonds. The molecule has 0 radical (unpaired) electrons. The van der Waals surface area contributed by atoms with Crippen molar-refractivity contribution in [2.45, 2.75) is 38.9 Å². The van der Waals surface area contributed by atoms with Crippen LogP contribution in [0.5, 0.6) is 5.75 Å². The van der Waals surface area contributed by atoms with Crippen molar-refractivity contribution >= 4 is 0 Å². The minimum atomic E-state index is -0.312. The molecule has 2 unspecified atom stereocenters. The molecule has 3 nitrogen and oxygen atoms in total. The number of halogens is 1. The summed E-state index contributed by atoms with van der Waals surface area (Å²) in [6.45, 7) is 6.26. The van der Waals surface area contributed by atoms with E-state index in [1.54, 1.807) is 12.1 Å². The first-order valence-electron chi connectivity index (χ1n) is 6.94. The van der Waals surface area contributed by atoms with E-state index in [-0.39, 0.29) is 18.0 Å². The molecule has 1 heterocycles. The zero-order valence-corrected chi connectivity index (χ0v) is 11.6. The fourth-order valence-corrected chi connectivity index (χ4v) is 2.26. The Morgan fingerprint density at radius 1 is 1.37 bits per heavy atom. The summed E-state index contributed by atoms with van der Waals surface area (Å²) in [7, 11) is 0. The van der Waals surface area contributed by atoms with Crippen LogP contribution in [-0.4, -0.2) is 31.9 Å². The molecule has 2 rings (SSSR count). The zero-order valence-electron chi connectivity index (χ0n) is 11.6. The van der Waals surface area contributed by atoms with Gasteiger partial charge >= 0.3 is 0 Å². The highest BCUT2D eigenvalue weighted by Crippen LogP contribution is 2.23. The predicted octanol–water partition coefficient (Wildman–Crippen LogP) is 2.67. The van der Waals surface area contributed by atoms with Crippen molar-refractivity contribution in [2.75, 3.05) is 19.7 Å². The maximum Gasteiger partial charge on any atom is 0.165 e. The van der Waals surface area contributed by atoms with Gasteiger partial charge in [-0.25, -0.2) is 4.39 Å². The molecule has 2 atom stereocenters. The van der Waals surface area contributed by atoms with E-state index in [4.69, 9.17) is 9.47 Å². The van der Waals surface area contributed by atoms with Crippen molar-refractivity contribution < 1.29 is 13.9 Å². The van der Waals surface area contributed by atoms with Crippen LogP contribution in [0.2, 0.25) is 0 Å². The van der Waals surface area contributed by atoms with E-state index in [0.717, 1.165) is 31.5 Å². The molecule has 1 fully saturated rings. The number of nitrogens with one attached hydrogen (secondary N) is 1. The third-order valence-corrected chi connectivity index (χ3v) is 3.33. The lowest BCUT2D eigenvalue weighted by Gasteiger charge is -2.15. The Hall–Kier alpha value is -1.13. The molecule has 0 spiro atoms. The third-order valence-electron chi connectivity index (χ3n) is 3.33. The van der Waals surface area contributed by atoms with Gasteiger partial charge < -0.3 is 14.8 Å². The van der Waals surface area contributed by atoms with Gasteiger partial charge in [-0.15, -0.1) is 0 Å². The van der Waals surface area contributed by atoms with Gasteiger partial charge in [0.05, 0.1) is 12.2 Å². The molecule has 1 saturated heterocycles. The highest BCUT2D eigenvalue weighted by Gasteiger charge is 2.25. The summed E-state index contributed by atoms with van der Waals surface area (Å²) in [6.07, 6.45) is 2.35. The molecule has 106 valence electrons. The van der Waals surface area contributed by atoms with Gasteiger partial charge in [0, 0.05) is 6.54 Å². The Kier molecular flexibility index (Phi) is 5.16. The minimum Gasteiger partial charge on any atom is -0.488 e. The summed E-state index contributed by atoms with van der Waals surface area (Å²) >= 11 is 0. The van der Waals surface area contributed by atoms with Crippen molar-refractivity contribution in [1.82, 2.24) is 5.32 Å². The maximum atomic E-state index is 13.5. The molecule has 1 aliphatic heterocycles. The summed E-state index contributed by atoms with van der Waals surface area (Å²) in [5.41, 5.74) is 0.994.